The van der Waals surface area contributed by atoms with Gasteiger partial charge in [-0.05, 0) is 27.8 Å². The van der Waals surface area contributed by atoms with E-state index in [2.05, 4.69) is 48.5 Å². The zero-order valence-corrected chi connectivity index (χ0v) is 14.5. The topological polar surface area (TPSA) is 49.7 Å². The zero-order valence-electron chi connectivity index (χ0n) is 14.5. The average molecular weight is 346 g/mol. The molecule has 0 radical (unpaired) electrons. The molecule has 0 saturated carbocycles. The fourth-order valence-electron chi connectivity index (χ4n) is 3.48. The Bertz CT molecular complexity index is 841. The molecule has 1 unspecified atom stereocenters. The summed E-state index contributed by atoms with van der Waals surface area (Å²) >= 11 is 0. The van der Waals surface area contributed by atoms with Crippen molar-refractivity contribution in [2.75, 3.05) is 6.61 Å². The molecule has 132 valence electrons. The molecule has 0 amide bonds. The first kappa shape index (κ1) is 17.0. The van der Waals surface area contributed by atoms with Gasteiger partial charge in [-0.15, -0.1) is 0 Å². The van der Waals surface area contributed by atoms with Gasteiger partial charge in [-0.25, -0.2) is 0 Å². The van der Waals surface area contributed by atoms with Crippen LogP contribution >= 0.6 is 0 Å². The fourth-order valence-corrected chi connectivity index (χ4v) is 3.48. The highest BCUT2D eigenvalue weighted by Crippen LogP contribution is 2.34. The van der Waals surface area contributed by atoms with Crippen LogP contribution in [0.4, 0.5) is 0 Å². The maximum absolute atomic E-state index is 9.89. The fraction of sp³-hybridized carbons (Fsp3) is 0.217. The van der Waals surface area contributed by atoms with Gasteiger partial charge in [0.1, 0.15) is 6.10 Å². The third-order valence-electron chi connectivity index (χ3n) is 5.01. The summed E-state index contributed by atoms with van der Waals surface area (Å²) in [5.41, 5.74) is 5.76. The lowest BCUT2D eigenvalue weighted by Crippen LogP contribution is -2.24. The van der Waals surface area contributed by atoms with Crippen molar-refractivity contribution in [1.82, 2.24) is 0 Å². The monoisotopic (exact) mass is 346 g/mol. The summed E-state index contributed by atoms with van der Waals surface area (Å²) in [6.07, 6.45) is -0.715. The Balaban J connectivity index is 1.50. The second kappa shape index (κ2) is 7.42. The van der Waals surface area contributed by atoms with Crippen LogP contribution in [0.1, 0.15) is 18.1 Å². The van der Waals surface area contributed by atoms with Gasteiger partial charge in [0.15, 0.2) is 0 Å². The molecule has 1 heterocycles. The molecule has 3 aromatic rings. The zero-order chi connectivity index (χ0) is 17.9. The smallest absolute Gasteiger partial charge is 0.107 e. The molecule has 3 atom stereocenters. The Kier molecular flexibility index (Phi) is 4.85. The van der Waals surface area contributed by atoms with Crippen LogP contribution in [0, 0.1) is 0 Å². The standard InChI is InChI=1S/C23H22O3/c24-15-23-21(25)14-22(26-23)20-12-10-19(11-13-20)18-8-6-17(7-9-18)16-4-2-1-3-5-16/h1-13,21-25H,14-15H2/t21-,22?,23+/m0/s1. The van der Waals surface area contributed by atoms with Crippen molar-refractivity contribution in [3.8, 4) is 22.3 Å². The van der Waals surface area contributed by atoms with Gasteiger partial charge in [0, 0.05) is 6.42 Å². The molecule has 0 aliphatic carbocycles. The SMILES string of the molecule is OC[C@H]1OC(c2ccc(-c3ccc(-c4ccccc4)cc3)cc2)C[C@@H]1O. The molecule has 2 N–H and O–H groups in total. The van der Waals surface area contributed by atoms with Crippen molar-refractivity contribution in [2.24, 2.45) is 0 Å². The minimum Gasteiger partial charge on any atom is -0.394 e. The van der Waals surface area contributed by atoms with Gasteiger partial charge in [0.2, 0.25) is 0 Å². The maximum Gasteiger partial charge on any atom is 0.107 e. The van der Waals surface area contributed by atoms with Crippen molar-refractivity contribution < 1.29 is 14.9 Å². The molecule has 3 aromatic carbocycles. The van der Waals surface area contributed by atoms with E-state index in [-0.39, 0.29) is 12.7 Å². The van der Waals surface area contributed by atoms with Gasteiger partial charge in [-0.2, -0.15) is 0 Å². The van der Waals surface area contributed by atoms with Crippen molar-refractivity contribution >= 4 is 0 Å². The normalized spacial score (nSPS) is 22.5. The van der Waals surface area contributed by atoms with E-state index in [0.29, 0.717) is 6.42 Å². The minimum absolute atomic E-state index is 0.149. The number of ether oxygens (including phenoxy) is 1. The first-order valence-electron chi connectivity index (χ1n) is 8.95. The Morgan fingerprint density at radius 1 is 0.731 bits per heavy atom. The Hall–Kier alpha value is -2.46. The quantitative estimate of drug-likeness (QED) is 0.744. The second-order valence-electron chi connectivity index (χ2n) is 6.71. The molecular weight excluding hydrogens is 324 g/mol. The number of hydrogen-bond acceptors (Lipinski definition) is 3. The van der Waals surface area contributed by atoms with Gasteiger partial charge < -0.3 is 14.9 Å². The van der Waals surface area contributed by atoms with Crippen LogP contribution in [-0.2, 0) is 4.74 Å². The van der Waals surface area contributed by atoms with Crippen LogP contribution < -0.4 is 0 Å². The van der Waals surface area contributed by atoms with Crippen molar-refractivity contribution in [3.63, 3.8) is 0 Å². The summed E-state index contributed by atoms with van der Waals surface area (Å²) in [6.45, 7) is -0.149. The van der Waals surface area contributed by atoms with Gasteiger partial charge >= 0.3 is 0 Å². The first-order chi connectivity index (χ1) is 12.7. The predicted molar refractivity (Wildman–Crippen MR) is 103 cm³/mol. The number of aliphatic hydroxyl groups is 2. The molecule has 1 aliphatic heterocycles. The summed E-state index contributed by atoms with van der Waals surface area (Å²) in [7, 11) is 0. The van der Waals surface area contributed by atoms with E-state index in [1.807, 2.05) is 30.3 Å². The summed E-state index contributed by atoms with van der Waals surface area (Å²) in [5.74, 6) is 0. The van der Waals surface area contributed by atoms with Crippen LogP contribution in [0.15, 0.2) is 78.9 Å². The number of benzene rings is 3. The second-order valence-corrected chi connectivity index (χ2v) is 6.71. The Morgan fingerprint density at radius 2 is 1.23 bits per heavy atom. The molecule has 26 heavy (non-hydrogen) atoms. The van der Waals surface area contributed by atoms with E-state index >= 15 is 0 Å². The Morgan fingerprint density at radius 3 is 1.73 bits per heavy atom. The highest BCUT2D eigenvalue weighted by Gasteiger charge is 2.34. The first-order valence-corrected chi connectivity index (χ1v) is 8.95. The van der Waals surface area contributed by atoms with Crippen LogP contribution in [0.2, 0.25) is 0 Å². The minimum atomic E-state index is -0.602. The molecule has 0 spiro atoms. The van der Waals surface area contributed by atoms with Gasteiger partial charge in [0.05, 0.1) is 18.8 Å². The Labute approximate surface area is 153 Å². The summed E-state index contributed by atoms with van der Waals surface area (Å²) < 4.78 is 5.72. The van der Waals surface area contributed by atoms with Crippen LogP contribution in [0.5, 0.6) is 0 Å². The third kappa shape index (κ3) is 3.42. The van der Waals surface area contributed by atoms with Crippen LogP contribution in [0.3, 0.4) is 0 Å². The molecule has 0 bridgehead atoms. The van der Waals surface area contributed by atoms with E-state index in [1.165, 1.54) is 11.1 Å². The van der Waals surface area contributed by atoms with E-state index < -0.39 is 12.2 Å². The lowest BCUT2D eigenvalue weighted by molar-refractivity contribution is -0.0225. The van der Waals surface area contributed by atoms with Crippen LogP contribution in [-0.4, -0.2) is 29.0 Å². The van der Waals surface area contributed by atoms with E-state index in [0.717, 1.165) is 16.7 Å². The number of rotatable bonds is 4. The molecule has 0 aromatic heterocycles. The lowest BCUT2D eigenvalue weighted by Gasteiger charge is -2.13. The maximum atomic E-state index is 9.89. The lowest BCUT2D eigenvalue weighted by atomic mass is 9.98. The third-order valence-corrected chi connectivity index (χ3v) is 5.01. The highest BCUT2D eigenvalue weighted by molar-refractivity contribution is 5.70. The molecule has 4 rings (SSSR count). The molecule has 3 heteroatoms. The summed E-state index contributed by atoms with van der Waals surface area (Å²) in [4.78, 5) is 0. The van der Waals surface area contributed by atoms with Gasteiger partial charge in [0.25, 0.3) is 0 Å². The molecule has 1 fully saturated rings. The summed E-state index contributed by atoms with van der Waals surface area (Å²) in [6, 6.07) is 27.1. The highest BCUT2D eigenvalue weighted by atomic mass is 16.5. The van der Waals surface area contributed by atoms with E-state index in [1.54, 1.807) is 0 Å². The number of hydrogen-bond donors (Lipinski definition) is 2. The molecular formula is C23H22O3. The van der Waals surface area contributed by atoms with Crippen molar-refractivity contribution in [2.45, 2.75) is 24.7 Å². The largest absolute Gasteiger partial charge is 0.394 e. The van der Waals surface area contributed by atoms with Gasteiger partial charge in [-0.3, -0.25) is 0 Å². The predicted octanol–water partition coefficient (Wildman–Crippen LogP) is 4.20. The molecule has 1 saturated heterocycles. The van der Waals surface area contributed by atoms with E-state index in [9.17, 15) is 10.2 Å². The summed E-state index contributed by atoms with van der Waals surface area (Å²) in [5, 5.41) is 19.1. The van der Waals surface area contributed by atoms with Crippen molar-refractivity contribution in [1.29, 1.82) is 0 Å². The van der Waals surface area contributed by atoms with E-state index in [4.69, 9.17) is 4.74 Å². The molecule has 3 nitrogen and oxygen atoms in total. The van der Waals surface area contributed by atoms with Crippen LogP contribution in [0.25, 0.3) is 22.3 Å². The molecule has 1 aliphatic rings. The number of aliphatic hydroxyl groups excluding tert-OH is 2. The van der Waals surface area contributed by atoms with Crippen molar-refractivity contribution in [3.05, 3.63) is 84.4 Å². The average Bonchev–Trinajstić information content (AvgIpc) is 3.10. The van der Waals surface area contributed by atoms with Gasteiger partial charge in [-0.1, -0.05) is 78.9 Å².